The van der Waals surface area contributed by atoms with E-state index >= 15 is 0 Å². The van der Waals surface area contributed by atoms with E-state index in [0.29, 0.717) is 0 Å². The van der Waals surface area contributed by atoms with Crippen LogP contribution < -0.4 is 0 Å². The Balaban J connectivity index is 0. The van der Waals surface area contributed by atoms with Gasteiger partial charge in [0, 0.05) is 29.5 Å². The number of alkyl halides is 3. The fourth-order valence-corrected chi connectivity index (χ4v) is 0.313. The Kier molecular flexibility index (Phi) is 11.2. The van der Waals surface area contributed by atoms with Gasteiger partial charge in [-0.15, -0.1) is 0 Å². The molecule has 5 heteroatoms. The van der Waals surface area contributed by atoms with E-state index in [9.17, 15) is 13.2 Å². The third kappa shape index (κ3) is 17.7. The molecule has 0 atom stereocenters. The number of halogens is 3. The molecule has 1 radical (unpaired) electrons. The van der Waals surface area contributed by atoms with Crippen LogP contribution in [0.15, 0.2) is 30.6 Å². The minimum Gasteiger partial charge on any atom is -0.265 e. The van der Waals surface area contributed by atoms with Crippen LogP contribution in [0.1, 0.15) is 0 Å². The van der Waals surface area contributed by atoms with Gasteiger partial charge in [-0.2, -0.15) is 13.2 Å². The standard InChI is InChI=1S/C5H5N.CHF3.Cu/c1-2-4-6-5-3-1;2-1(3)4;/h1-5H;1H;. The summed E-state index contributed by atoms with van der Waals surface area (Å²) in [6.45, 7) is -3.67. The summed E-state index contributed by atoms with van der Waals surface area (Å²) in [5.41, 5.74) is 0. The van der Waals surface area contributed by atoms with Crippen molar-refractivity contribution in [2.75, 3.05) is 0 Å². The molecule has 0 saturated carbocycles. The molecule has 0 saturated heterocycles. The molecule has 0 spiro atoms. The molecule has 0 amide bonds. The Labute approximate surface area is 73.1 Å². The molecule has 0 bridgehead atoms. The van der Waals surface area contributed by atoms with Crippen LogP contribution in [0.4, 0.5) is 13.2 Å². The average Bonchev–Trinajstić information content (AvgIpc) is 1.90. The van der Waals surface area contributed by atoms with Crippen molar-refractivity contribution in [3.05, 3.63) is 30.6 Å². The van der Waals surface area contributed by atoms with E-state index in [1.165, 1.54) is 0 Å². The summed E-state index contributed by atoms with van der Waals surface area (Å²) >= 11 is 0. The van der Waals surface area contributed by atoms with Gasteiger partial charge in [-0.1, -0.05) is 6.07 Å². The maximum Gasteiger partial charge on any atom is 0.379 e. The second-order valence-electron chi connectivity index (χ2n) is 1.27. The van der Waals surface area contributed by atoms with Crippen molar-refractivity contribution in [2.24, 2.45) is 0 Å². The number of nitrogens with zero attached hydrogens (tertiary/aromatic N) is 1. The van der Waals surface area contributed by atoms with Crippen LogP contribution in [0.3, 0.4) is 0 Å². The molecule has 11 heavy (non-hydrogen) atoms. The maximum atomic E-state index is 9.67. The van der Waals surface area contributed by atoms with Gasteiger partial charge in [-0.05, 0) is 12.1 Å². The zero-order valence-electron chi connectivity index (χ0n) is 5.35. The molecule has 0 aliphatic heterocycles. The SMILES string of the molecule is FC(F)F.[Cu].c1ccncc1. The molecule has 0 aliphatic carbocycles. The maximum absolute atomic E-state index is 9.67. The number of rotatable bonds is 0. The van der Waals surface area contributed by atoms with Crippen LogP contribution in [0.2, 0.25) is 0 Å². The summed E-state index contributed by atoms with van der Waals surface area (Å²) in [4.78, 5) is 3.78. The number of aromatic nitrogens is 1. The van der Waals surface area contributed by atoms with E-state index in [-0.39, 0.29) is 17.1 Å². The van der Waals surface area contributed by atoms with Crippen molar-refractivity contribution in [1.29, 1.82) is 0 Å². The predicted octanol–water partition coefficient (Wildman–Crippen LogP) is 2.26. The number of hydrogen-bond acceptors (Lipinski definition) is 1. The van der Waals surface area contributed by atoms with E-state index < -0.39 is 6.68 Å². The Hall–Kier alpha value is -0.541. The first-order chi connectivity index (χ1) is 4.73. The fourth-order valence-electron chi connectivity index (χ4n) is 0.313. The van der Waals surface area contributed by atoms with Crippen molar-refractivity contribution < 1.29 is 30.2 Å². The molecular formula is C6H6CuF3N. The Morgan fingerprint density at radius 1 is 0.909 bits per heavy atom. The van der Waals surface area contributed by atoms with Gasteiger partial charge in [0.1, 0.15) is 0 Å². The molecule has 1 aromatic rings. The minimum absolute atomic E-state index is 0. The van der Waals surface area contributed by atoms with Crippen molar-refractivity contribution in [3.63, 3.8) is 0 Å². The molecular weight excluding hydrogens is 207 g/mol. The van der Waals surface area contributed by atoms with Crippen molar-refractivity contribution >= 4 is 0 Å². The van der Waals surface area contributed by atoms with Gasteiger partial charge in [-0.3, -0.25) is 4.98 Å². The molecule has 67 valence electrons. The van der Waals surface area contributed by atoms with Gasteiger partial charge in [0.15, 0.2) is 0 Å². The Bertz CT molecular complexity index is 118. The smallest absolute Gasteiger partial charge is 0.265 e. The van der Waals surface area contributed by atoms with Crippen molar-refractivity contribution in [2.45, 2.75) is 6.68 Å². The fraction of sp³-hybridized carbons (Fsp3) is 0.167. The zero-order chi connectivity index (χ0) is 7.82. The van der Waals surface area contributed by atoms with Gasteiger partial charge >= 0.3 is 6.68 Å². The predicted molar refractivity (Wildman–Crippen MR) is 31.3 cm³/mol. The third-order valence-corrected chi connectivity index (χ3v) is 0.566. The molecule has 1 aromatic heterocycles. The third-order valence-electron chi connectivity index (χ3n) is 0.566. The van der Waals surface area contributed by atoms with E-state index in [1.807, 2.05) is 18.2 Å². The van der Waals surface area contributed by atoms with Crippen molar-refractivity contribution in [3.8, 4) is 0 Å². The first-order valence-electron chi connectivity index (χ1n) is 2.50. The molecule has 1 nitrogen and oxygen atoms in total. The van der Waals surface area contributed by atoms with E-state index in [2.05, 4.69) is 4.98 Å². The topological polar surface area (TPSA) is 12.9 Å². The summed E-state index contributed by atoms with van der Waals surface area (Å²) in [6, 6.07) is 5.72. The van der Waals surface area contributed by atoms with Crippen LogP contribution in [0, 0.1) is 0 Å². The van der Waals surface area contributed by atoms with Crippen LogP contribution in [-0.4, -0.2) is 11.7 Å². The molecule has 0 aliphatic rings. The van der Waals surface area contributed by atoms with Crippen LogP contribution in [-0.2, 0) is 17.1 Å². The summed E-state index contributed by atoms with van der Waals surface area (Å²) < 4.78 is 29.0. The minimum atomic E-state index is -3.67. The number of hydrogen-bond donors (Lipinski definition) is 0. The molecule has 0 unspecified atom stereocenters. The summed E-state index contributed by atoms with van der Waals surface area (Å²) in [7, 11) is 0. The summed E-state index contributed by atoms with van der Waals surface area (Å²) in [6.07, 6.45) is 3.50. The molecule has 1 rings (SSSR count). The molecule has 0 fully saturated rings. The van der Waals surface area contributed by atoms with Crippen LogP contribution in [0.25, 0.3) is 0 Å². The van der Waals surface area contributed by atoms with Gasteiger partial charge in [0.2, 0.25) is 0 Å². The Morgan fingerprint density at radius 3 is 1.36 bits per heavy atom. The monoisotopic (exact) mass is 212 g/mol. The van der Waals surface area contributed by atoms with Gasteiger partial charge in [0.25, 0.3) is 0 Å². The normalized spacial score (nSPS) is 7.64. The summed E-state index contributed by atoms with van der Waals surface area (Å²) in [5, 5.41) is 0. The van der Waals surface area contributed by atoms with Crippen LogP contribution >= 0.6 is 0 Å². The number of pyridine rings is 1. The zero-order valence-corrected chi connectivity index (χ0v) is 6.29. The van der Waals surface area contributed by atoms with Gasteiger partial charge in [0.05, 0.1) is 0 Å². The Morgan fingerprint density at radius 2 is 1.27 bits per heavy atom. The van der Waals surface area contributed by atoms with Crippen LogP contribution in [0.5, 0.6) is 0 Å². The van der Waals surface area contributed by atoms with E-state index in [0.717, 1.165) is 0 Å². The first kappa shape index (κ1) is 13.1. The second kappa shape index (κ2) is 9.46. The van der Waals surface area contributed by atoms with Gasteiger partial charge in [-0.25, -0.2) is 0 Å². The average molecular weight is 213 g/mol. The first-order valence-corrected chi connectivity index (χ1v) is 2.50. The second-order valence-corrected chi connectivity index (χ2v) is 1.27. The molecule has 0 aromatic carbocycles. The van der Waals surface area contributed by atoms with E-state index in [4.69, 9.17) is 0 Å². The summed E-state index contributed by atoms with van der Waals surface area (Å²) in [5.74, 6) is 0. The largest absolute Gasteiger partial charge is 0.379 e. The van der Waals surface area contributed by atoms with E-state index in [1.54, 1.807) is 12.4 Å². The van der Waals surface area contributed by atoms with Gasteiger partial charge < -0.3 is 0 Å². The molecule has 1 heterocycles. The molecule has 0 N–H and O–H groups in total. The quantitative estimate of drug-likeness (QED) is 0.602. The van der Waals surface area contributed by atoms with Crippen molar-refractivity contribution in [1.82, 2.24) is 4.98 Å².